The van der Waals surface area contributed by atoms with Crippen molar-refractivity contribution in [3.63, 3.8) is 0 Å². The maximum Gasteiger partial charge on any atom is 0.264 e. The number of carbonyl (C=O) groups excluding carboxylic acids is 3. The van der Waals surface area contributed by atoms with Crippen LogP contribution < -0.4 is 5.32 Å². The summed E-state index contributed by atoms with van der Waals surface area (Å²) in [7, 11) is 1.73. The van der Waals surface area contributed by atoms with Crippen molar-refractivity contribution in [3.05, 3.63) is 22.4 Å². The lowest BCUT2D eigenvalue weighted by Gasteiger charge is -2.24. The van der Waals surface area contributed by atoms with E-state index in [1.54, 1.807) is 22.9 Å². The Bertz CT molecular complexity index is 587. The average Bonchev–Trinajstić information content (AvgIpc) is 3.24. The fourth-order valence-electron chi connectivity index (χ4n) is 3.05. The van der Waals surface area contributed by atoms with Gasteiger partial charge in [-0.3, -0.25) is 14.4 Å². The second-order valence-electron chi connectivity index (χ2n) is 5.74. The van der Waals surface area contributed by atoms with Crippen LogP contribution in [0.25, 0.3) is 0 Å². The predicted molar refractivity (Wildman–Crippen MR) is 82.6 cm³/mol. The van der Waals surface area contributed by atoms with Crippen molar-refractivity contribution in [3.8, 4) is 0 Å². The Morgan fingerprint density at radius 2 is 2.14 bits per heavy atom. The number of nitrogens with zero attached hydrogens (tertiary/aromatic N) is 2. The normalized spacial score (nSPS) is 24.9. The SMILES string of the molecule is CN1CCC(NC(=O)[C@@H]2CCCN2C(=O)c2cccs2)C1=O. The molecule has 2 aliphatic heterocycles. The first-order chi connectivity index (χ1) is 10.6. The van der Waals surface area contributed by atoms with Crippen LogP contribution in [0.2, 0.25) is 0 Å². The standard InChI is InChI=1S/C15H19N3O3S/c1-17-8-6-10(14(17)20)16-13(19)11-4-2-7-18(11)15(21)12-5-3-9-22-12/h3,5,9-11H,2,4,6-8H2,1H3,(H,16,19)/t10?,11-/m0/s1. The Labute approximate surface area is 133 Å². The molecular weight excluding hydrogens is 302 g/mol. The van der Waals surface area contributed by atoms with Crippen molar-refractivity contribution in [2.75, 3.05) is 20.1 Å². The molecule has 2 aliphatic rings. The van der Waals surface area contributed by atoms with Crippen LogP contribution in [0.3, 0.4) is 0 Å². The number of amides is 3. The lowest BCUT2D eigenvalue weighted by molar-refractivity contribution is -0.133. The van der Waals surface area contributed by atoms with Gasteiger partial charge in [-0.15, -0.1) is 11.3 Å². The van der Waals surface area contributed by atoms with Gasteiger partial charge in [-0.1, -0.05) is 6.07 Å². The summed E-state index contributed by atoms with van der Waals surface area (Å²) in [6, 6.07) is 2.69. The highest BCUT2D eigenvalue weighted by Gasteiger charge is 2.38. The quantitative estimate of drug-likeness (QED) is 0.891. The van der Waals surface area contributed by atoms with Gasteiger partial charge in [-0.25, -0.2) is 0 Å². The summed E-state index contributed by atoms with van der Waals surface area (Å²) in [5.74, 6) is -0.360. The summed E-state index contributed by atoms with van der Waals surface area (Å²) in [5, 5.41) is 4.66. The molecule has 0 spiro atoms. The van der Waals surface area contributed by atoms with Crippen LogP contribution in [0, 0.1) is 0 Å². The topological polar surface area (TPSA) is 69.7 Å². The van der Waals surface area contributed by atoms with Gasteiger partial charge in [0.1, 0.15) is 12.1 Å². The average molecular weight is 321 g/mol. The molecule has 1 aromatic heterocycles. The van der Waals surface area contributed by atoms with Crippen LogP contribution in [0.15, 0.2) is 17.5 Å². The van der Waals surface area contributed by atoms with Crippen LogP contribution in [0.5, 0.6) is 0 Å². The van der Waals surface area contributed by atoms with Crippen molar-refractivity contribution in [1.29, 1.82) is 0 Å². The molecule has 118 valence electrons. The van der Waals surface area contributed by atoms with E-state index in [0.29, 0.717) is 30.8 Å². The first-order valence-electron chi connectivity index (χ1n) is 7.48. The molecule has 1 aromatic rings. The number of rotatable bonds is 3. The van der Waals surface area contributed by atoms with Crippen LogP contribution in [0.1, 0.15) is 28.9 Å². The van der Waals surface area contributed by atoms with E-state index in [-0.39, 0.29) is 17.7 Å². The zero-order valence-corrected chi connectivity index (χ0v) is 13.3. The molecule has 1 unspecified atom stereocenters. The number of hydrogen-bond donors (Lipinski definition) is 1. The summed E-state index contributed by atoms with van der Waals surface area (Å²) in [6.45, 7) is 1.25. The van der Waals surface area contributed by atoms with E-state index in [2.05, 4.69) is 5.32 Å². The van der Waals surface area contributed by atoms with Crippen LogP contribution in [-0.2, 0) is 9.59 Å². The van der Waals surface area contributed by atoms with Crippen molar-refractivity contribution in [2.24, 2.45) is 0 Å². The summed E-state index contributed by atoms with van der Waals surface area (Å²) in [6.07, 6.45) is 2.10. The van der Waals surface area contributed by atoms with Crippen molar-refractivity contribution >= 4 is 29.1 Å². The van der Waals surface area contributed by atoms with E-state index < -0.39 is 12.1 Å². The van der Waals surface area contributed by atoms with Gasteiger partial charge in [-0.2, -0.15) is 0 Å². The Morgan fingerprint density at radius 1 is 1.32 bits per heavy atom. The molecule has 1 N–H and O–H groups in total. The molecule has 0 aliphatic carbocycles. The largest absolute Gasteiger partial charge is 0.344 e. The minimum atomic E-state index is -0.465. The predicted octanol–water partition coefficient (Wildman–Crippen LogP) is 0.700. The number of likely N-dealkylation sites (tertiary alicyclic amines) is 2. The van der Waals surface area contributed by atoms with Crippen LogP contribution in [-0.4, -0.2) is 59.7 Å². The highest BCUT2D eigenvalue weighted by atomic mass is 32.1. The fraction of sp³-hybridized carbons (Fsp3) is 0.533. The molecule has 3 rings (SSSR count). The number of thiophene rings is 1. The van der Waals surface area contributed by atoms with Gasteiger partial charge in [0, 0.05) is 20.1 Å². The smallest absolute Gasteiger partial charge is 0.264 e. The Balaban J connectivity index is 1.66. The first kappa shape index (κ1) is 15.0. The molecule has 3 heterocycles. The molecule has 3 amide bonds. The molecule has 0 aromatic carbocycles. The first-order valence-corrected chi connectivity index (χ1v) is 8.35. The molecule has 2 fully saturated rings. The van der Waals surface area contributed by atoms with Crippen molar-refractivity contribution < 1.29 is 14.4 Å². The summed E-state index contributed by atoms with van der Waals surface area (Å²) < 4.78 is 0. The van der Waals surface area contributed by atoms with E-state index in [4.69, 9.17) is 0 Å². The molecule has 0 bridgehead atoms. The maximum absolute atomic E-state index is 12.5. The summed E-state index contributed by atoms with van der Waals surface area (Å²) >= 11 is 1.38. The van der Waals surface area contributed by atoms with Gasteiger partial charge in [0.2, 0.25) is 11.8 Å². The molecule has 2 atom stereocenters. The highest BCUT2D eigenvalue weighted by molar-refractivity contribution is 7.12. The summed E-state index contributed by atoms with van der Waals surface area (Å²) in [4.78, 5) is 40.7. The molecular formula is C15H19N3O3S. The molecule has 6 nitrogen and oxygen atoms in total. The minimum absolute atomic E-state index is 0.0533. The Kier molecular flexibility index (Phi) is 4.15. The molecule has 0 radical (unpaired) electrons. The molecule has 22 heavy (non-hydrogen) atoms. The third-order valence-corrected chi connectivity index (χ3v) is 5.15. The minimum Gasteiger partial charge on any atom is -0.344 e. The third kappa shape index (κ3) is 2.72. The van der Waals surface area contributed by atoms with E-state index >= 15 is 0 Å². The van der Waals surface area contributed by atoms with Crippen molar-refractivity contribution in [1.82, 2.24) is 15.1 Å². The second-order valence-corrected chi connectivity index (χ2v) is 6.69. The monoisotopic (exact) mass is 321 g/mol. The Hall–Kier alpha value is -1.89. The summed E-state index contributed by atoms with van der Waals surface area (Å²) in [5.41, 5.74) is 0. The zero-order valence-electron chi connectivity index (χ0n) is 12.4. The Morgan fingerprint density at radius 3 is 2.77 bits per heavy atom. The number of carbonyl (C=O) groups is 3. The van der Waals surface area contributed by atoms with Crippen LogP contribution >= 0.6 is 11.3 Å². The number of likely N-dealkylation sites (N-methyl/N-ethyl adjacent to an activating group) is 1. The number of nitrogens with one attached hydrogen (secondary N) is 1. The maximum atomic E-state index is 12.5. The highest BCUT2D eigenvalue weighted by Crippen LogP contribution is 2.23. The lowest BCUT2D eigenvalue weighted by Crippen LogP contribution is -2.50. The van der Waals surface area contributed by atoms with Crippen LogP contribution in [0.4, 0.5) is 0 Å². The van der Waals surface area contributed by atoms with E-state index in [1.807, 2.05) is 11.4 Å². The fourth-order valence-corrected chi connectivity index (χ4v) is 3.73. The lowest BCUT2D eigenvalue weighted by atomic mass is 10.1. The second kappa shape index (κ2) is 6.08. The van der Waals surface area contributed by atoms with Gasteiger partial charge in [-0.05, 0) is 30.7 Å². The molecule has 2 saturated heterocycles. The zero-order chi connectivity index (χ0) is 15.7. The van der Waals surface area contributed by atoms with Gasteiger partial charge in [0.15, 0.2) is 0 Å². The molecule has 0 saturated carbocycles. The molecule has 7 heteroatoms. The van der Waals surface area contributed by atoms with Gasteiger partial charge < -0.3 is 15.1 Å². The van der Waals surface area contributed by atoms with E-state index in [1.165, 1.54) is 11.3 Å². The van der Waals surface area contributed by atoms with Gasteiger partial charge >= 0.3 is 0 Å². The van der Waals surface area contributed by atoms with E-state index in [9.17, 15) is 14.4 Å². The van der Waals surface area contributed by atoms with Gasteiger partial charge in [0.05, 0.1) is 4.88 Å². The third-order valence-electron chi connectivity index (χ3n) is 4.29. The van der Waals surface area contributed by atoms with E-state index in [0.717, 1.165) is 6.42 Å². The number of hydrogen-bond acceptors (Lipinski definition) is 4. The van der Waals surface area contributed by atoms with Crippen molar-refractivity contribution in [2.45, 2.75) is 31.3 Å². The van der Waals surface area contributed by atoms with Gasteiger partial charge in [0.25, 0.3) is 5.91 Å².